The van der Waals surface area contributed by atoms with Crippen LogP contribution in [0.4, 0.5) is 0 Å². The summed E-state index contributed by atoms with van der Waals surface area (Å²) in [6.07, 6.45) is 3.40. The zero-order chi connectivity index (χ0) is 34.7. The maximum Gasteiger partial charge on any atom is 0.253 e. The quantitative estimate of drug-likeness (QED) is 0.108. The zero-order valence-electron chi connectivity index (χ0n) is 27.6. The van der Waals surface area contributed by atoms with Gasteiger partial charge in [0.05, 0.1) is 52.9 Å². The van der Waals surface area contributed by atoms with Crippen LogP contribution >= 0.6 is 0 Å². The lowest BCUT2D eigenvalue weighted by Crippen LogP contribution is -2.35. The van der Waals surface area contributed by atoms with Gasteiger partial charge in [-0.25, -0.2) is 0 Å². The average molecular weight is 674 g/mol. The molecule has 1 atom stereocenters. The monoisotopic (exact) mass is 673 g/mol. The number of hydrogen-bond acceptors (Lipinski definition) is 9. The van der Waals surface area contributed by atoms with E-state index in [4.69, 9.17) is 18.9 Å². The summed E-state index contributed by atoms with van der Waals surface area (Å²) in [5.41, 5.74) is 3.78. The van der Waals surface area contributed by atoms with Gasteiger partial charge in [-0.05, 0) is 29.7 Å². The molecule has 2 N–H and O–H groups in total. The predicted octanol–water partition coefficient (Wildman–Crippen LogP) is 1.69. The molecule has 0 aromatic heterocycles. The molecule has 4 rings (SSSR count). The topological polar surface area (TPSA) is 150 Å². The van der Waals surface area contributed by atoms with Crippen LogP contribution in [0.2, 0.25) is 0 Å². The fourth-order valence-corrected chi connectivity index (χ4v) is 5.22. The van der Waals surface area contributed by atoms with E-state index in [2.05, 4.69) is 22.5 Å². The summed E-state index contributed by atoms with van der Waals surface area (Å²) in [5, 5.41) is 5.50. The number of rotatable bonds is 22. The van der Waals surface area contributed by atoms with Crippen molar-refractivity contribution in [3.05, 3.63) is 82.9 Å². The Kier molecular flexibility index (Phi) is 15.7. The van der Waals surface area contributed by atoms with Crippen LogP contribution in [0.25, 0.3) is 0 Å². The standard InChI is InChI=1S/C37H43N3O9/c41-33(32-27-30-7-2-1-5-28(30)9-10-29-6-3-4-8-31(29)32)13-16-38-35(43)15-19-46-21-23-48-25-26-49-24-22-47-20-17-39-34(42)14-18-40-36(44)11-12-37(40)45/h1-8,11-12,32H,13-27H2,(H,38,43)(H,39,42). The number of fused-ring (bicyclic) bond motifs is 2. The van der Waals surface area contributed by atoms with Crippen molar-refractivity contribution >= 4 is 29.4 Å². The minimum Gasteiger partial charge on any atom is -0.379 e. The number of benzene rings is 2. The molecule has 2 aliphatic rings. The van der Waals surface area contributed by atoms with Crippen LogP contribution in [-0.4, -0.2) is 107 Å². The van der Waals surface area contributed by atoms with Gasteiger partial charge in [0.2, 0.25) is 11.8 Å². The third-order valence-electron chi connectivity index (χ3n) is 7.81. The van der Waals surface area contributed by atoms with Crippen LogP contribution in [0.5, 0.6) is 0 Å². The molecule has 4 amide bonds. The summed E-state index contributed by atoms with van der Waals surface area (Å²) in [4.78, 5) is 61.4. The number of nitrogens with zero attached hydrogens (tertiary/aromatic N) is 1. The Morgan fingerprint density at radius 1 is 0.653 bits per heavy atom. The van der Waals surface area contributed by atoms with E-state index in [1.54, 1.807) is 0 Å². The fraction of sp³-hybridized carbons (Fsp3) is 0.432. The van der Waals surface area contributed by atoms with E-state index in [1.807, 2.05) is 48.5 Å². The first-order valence-corrected chi connectivity index (χ1v) is 16.5. The fourth-order valence-electron chi connectivity index (χ4n) is 5.22. The smallest absolute Gasteiger partial charge is 0.253 e. The molecule has 0 saturated heterocycles. The highest BCUT2D eigenvalue weighted by atomic mass is 16.6. The van der Waals surface area contributed by atoms with E-state index in [9.17, 15) is 24.0 Å². The summed E-state index contributed by atoms with van der Waals surface area (Å²) in [6, 6.07) is 15.7. The minimum atomic E-state index is -0.407. The second-order valence-electron chi connectivity index (χ2n) is 11.3. The van der Waals surface area contributed by atoms with Gasteiger partial charge in [0.1, 0.15) is 5.78 Å². The number of carbonyl (C=O) groups is 5. The SMILES string of the molecule is O=C(CCOCCOCCOCCOCCNC(=O)CCN1C(=O)C=CC1=O)NCCC(=O)C1Cc2ccccc2C#Cc2ccccc21. The van der Waals surface area contributed by atoms with E-state index in [-0.39, 0.29) is 62.5 Å². The zero-order valence-corrected chi connectivity index (χ0v) is 27.6. The Balaban J connectivity index is 0.944. The van der Waals surface area contributed by atoms with Gasteiger partial charge in [0, 0.05) is 68.1 Å². The average Bonchev–Trinajstić information content (AvgIpc) is 3.42. The van der Waals surface area contributed by atoms with E-state index >= 15 is 0 Å². The molecule has 0 bridgehead atoms. The Morgan fingerprint density at radius 2 is 1.20 bits per heavy atom. The second-order valence-corrected chi connectivity index (χ2v) is 11.3. The lowest BCUT2D eigenvalue weighted by atomic mass is 9.82. The van der Waals surface area contributed by atoms with E-state index in [0.717, 1.165) is 27.2 Å². The van der Waals surface area contributed by atoms with Crippen LogP contribution in [0, 0.1) is 11.8 Å². The third kappa shape index (κ3) is 12.7. The third-order valence-corrected chi connectivity index (χ3v) is 7.81. The van der Waals surface area contributed by atoms with E-state index in [0.29, 0.717) is 59.2 Å². The van der Waals surface area contributed by atoms with E-state index in [1.165, 1.54) is 12.2 Å². The van der Waals surface area contributed by atoms with Gasteiger partial charge in [-0.1, -0.05) is 48.2 Å². The van der Waals surface area contributed by atoms with Crippen molar-refractivity contribution < 1.29 is 42.9 Å². The summed E-state index contributed by atoms with van der Waals surface area (Å²) >= 11 is 0. The summed E-state index contributed by atoms with van der Waals surface area (Å²) in [7, 11) is 0. The summed E-state index contributed by atoms with van der Waals surface area (Å²) in [5.74, 6) is 4.95. The van der Waals surface area contributed by atoms with Crippen molar-refractivity contribution in [3.63, 3.8) is 0 Å². The number of carbonyl (C=O) groups excluding carboxylic acids is 5. The van der Waals surface area contributed by atoms with Crippen LogP contribution in [0.15, 0.2) is 60.7 Å². The van der Waals surface area contributed by atoms with Crippen molar-refractivity contribution in [2.45, 2.75) is 31.6 Å². The molecule has 0 spiro atoms. The van der Waals surface area contributed by atoms with Gasteiger partial charge >= 0.3 is 0 Å². The number of ketones is 1. The molecule has 0 saturated carbocycles. The highest BCUT2D eigenvalue weighted by molar-refractivity contribution is 6.13. The van der Waals surface area contributed by atoms with Crippen LogP contribution in [0.1, 0.15) is 47.4 Å². The largest absolute Gasteiger partial charge is 0.379 e. The number of amides is 4. The Bertz CT molecular complexity index is 1530. The van der Waals surface area contributed by atoms with Gasteiger partial charge in [-0.2, -0.15) is 0 Å². The van der Waals surface area contributed by atoms with Gasteiger partial charge in [-0.3, -0.25) is 28.9 Å². The summed E-state index contributed by atoms with van der Waals surface area (Å²) in [6.45, 7) is 3.38. The van der Waals surface area contributed by atoms with Gasteiger partial charge in [-0.15, -0.1) is 0 Å². The highest BCUT2D eigenvalue weighted by Gasteiger charge is 2.25. The van der Waals surface area contributed by atoms with Gasteiger partial charge < -0.3 is 29.6 Å². The first-order chi connectivity index (χ1) is 23.9. The normalized spacial score (nSPS) is 14.7. The van der Waals surface area contributed by atoms with Crippen molar-refractivity contribution in [3.8, 4) is 11.8 Å². The molecule has 12 nitrogen and oxygen atoms in total. The van der Waals surface area contributed by atoms with Crippen molar-refractivity contribution in [2.75, 3.05) is 72.5 Å². The highest BCUT2D eigenvalue weighted by Crippen LogP contribution is 2.29. The Labute approximate surface area is 286 Å². The van der Waals surface area contributed by atoms with Crippen LogP contribution in [-0.2, 0) is 49.3 Å². The molecule has 49 heavy (non-hydrogen) atoms. The number of imide groups is 1. The predicted molar refractivity (Wildman–Crippen MR) is 179 cm³/mol. The number of nitrogens with one attached hydrogen (secondary N) is 2. The molecule has 12 heteroatoms. The first kappa shape index (κ1) is 37.2. The molecule has 1 aliphatic carbocycles. The van der Waals surface area contributed by atoms with Crippen molar-refractivity contribution in [1.29, 1.82) is 0 Å². The molecule has 2 aromatic rings. The number of ether oxygens (including phenoxy) is 4. The second kappa shape index (κ2) is 20.6. The molecule has 1 aliphatic heterocycles. The Morgan fingerprint density at radius 3 is 1.92 bits per heavy atom. The lowest BCUT2D eigenvalue weighted by Gasteiger charge is -2.20. The molecule has 0 fully saturated rings. The molecule has 1 unspecified atom stereocenters. The molecular weight excluding hydrogens is 630 g/mol. The first-order valence-electron chi connectivity index (χ1n) is 16.5. The van der Waals surface area contributed by atoms with Crippen molar-refractivity contribution in [1.82, 2.24) is 15.5 Å². The van der Waals surface area contributed by atoms with Gasteiger partial charge in [0.25, 0.3) is 11.8 Å². The van der Waals surface area contributed by atoms with Crippen LogP contribution in [0.3, 0.4) is 0 Å². The molecular formula is C37H43N3O9. The van der Waals surface area contributed by atoms with Gasteiger partial charge in [0.15, 0.2) is 0 Å². The minimum absolute atomic E-state index is 0.0381. The lowest BCUT2D eigenvalue weighted by molar-refractivity contribution is -0.137. The Hall–Kier alpha value is -4.67. The number of Topliss-reactive ketones (excluding diaryl/α,β-unsaturated/α-hetero) is 1. The molecule has 2 aromatic carbocycles. The maximum atomic E-state index is 13.3. The van der Waals surface area contributed by atoms with Crippen molar-refractivity contribution in [2.24, 2.45) is 0 Å². The molecule has 0 radical (unpaired) electrons. The molecule has 1 heterocycles. The van der Waals surface area contributed by atoms with Crippen LogP contribution < -0.4 is 10.6 Å². The summed E-state index contributed by atoms with van der Waals surface area (Å²) < 4.78 is 21.8. The van der Waals surface area contributed by atoms with E-state index < -0.39 is 11.8 Å². The molecule has 260 valence electrons. The number of hydrogen-bond donors (Lipinski definition) is 2. The maximum absolute atomic E-state index is 13.3.